The molecular formula is C14H13F2NO5S. The zero-order valence-electron chi connectivity index (χ0n) is 12.0. The molecule has 0 fully saturated rings. The first-order valence-electron chi connectivity index (χ1n) is 6.47. The fourth-order valence-electron chi connectivity index (χ4n) is 2.03. The van der Waals surface area contributed by atoms with E-state index in [1.807, 2.05) is 0 Å². The van der Waals surface area contributed by atoms with Gasteiger partial charge in [0.25, 0.3) is 0 Å². The van der Waals surface area contributed by atoms with Gasteiger partial charge < -0.3 is 9.47 Å². The zero-order chi connectivity index (χ0) is 17.0. The molecule has 0 radical (unpaired) electrons. The highest BCUT2D eigenvalue weighted by atomic mass is 32.2. The Morgan fingerprint density at radius 3 is 2.65 bits per heavy atom. The number of ether oxygens (including phenoxy) is 2. The highest BCUT2D eigenvalue weighted by Gasteiger charge is 2.21. The lowest BCUT2D eigenvalue weighted by molar-refractivity contribution is -0.140. The summed E-state index contributed by atoms with van der Waals surface area (Å²) in [5, 5.41) is 0.343. The highest BCUT2D eigenvalue weighted by molar-refractivity contribution is 7.91. The van der Waals surface area contributed by atoms with E-state index in [9.17, 15) is 22.0 Å². The van der Waals surface area contributed by atoms with Gasteiger partial charge in [-0.1, -0.05) is 6.07 Å². The van der Waals surface area contributed by atoms with E-state index >= 15 is 0 Å². The van der Waals surface area contributed by atoms with Gasteiger partial charge in [0, 0.05) is 17.0 Å². The van der Waals surface area contributed by atoms with E-state index < -0.39 is 28.2 Å². The summed E-state index contributed by atoms with van der Waals surface area (Å²) in [7, 11) is -2.65. The Balaban J connectivity index is 2.47. The van der Waals surface area contributed by atoms with Crippen molar-refractivity contribution in [3.63, 3.8) is 0 Å². The molecule has 124 valence electrons. The number of rotatable bonds is 6. The third-order valence-corrected chi connectivity index (χ3v) is 4.84. The van der Waals surface area contributed by atoms with Crippen LogP contribution in [0.2, 0.25) is 0 Å². The van der Waals surface area contributed by atoms with E-state index in [4.69, 9.17) is 0 Å². The van der Waals surface area contributed by atoms with Crippen LogP contribution in [0.15, 0.2) is 35.4 Å². The molecule has 0 unspecified atom stereocenters. The van der Waals surface area contributed by atoms with E-state index in [1.165, 1.54) is 30.5 Å². The highest BCUT2D eigenvalue weighted by Crippen LogP contribution is 2.30. The fraction of sp³-hybridized carbons (Fsp3) is 0.286. The predicted octanol–water partition coefficient (Wildman–Crippen LogP) is 2.17. The molecule has 0 saturated heterocycles. The van der Waals surface area contributed by atoms with Gasteiger partial charge in [-0.05, 0) is 18.2 Å². The first-order valence-corrected chi connectivity index (χ1v) is 8.12. The van der Waals surface area contributed by atoms with E-state index in [0.29, 0.717) is 0 Å². The van der Waals surface area contributed by atoms with Crippen molar-refractivity contribution < 1.29 is 31.5 Å². The first-order chi connectivity index (χ1) is 10.8. The topological polar surface area (TPSA) is 82.6 Å². The van der Waals surface area contributed by atoms with Crippen LogP contribution in [-0.4, -0.2) is 38.8 Å². The molecule has 0 aliphatic carbocycles. The molecule has 2 rings (SSSR count). The molecule has 0 atom stereocenters. The zero-order valence-corrected chi connectivity index (χ0v) is 12.8. The molecular weight excluding hydrogens is 332 g/mol. The first kappa shape index (κ1) is 17.1. The molecule has 1 aromatic heterocycles. The van der Waals surface area contributed by atoms with Gasteiger partial charge in [-0.25, -0.2) is 13.4 Å². The van der Waals surface area contributed by atoms with Crippen LogP contribution in [0.1, 0.15) is 6.42 Å². The quantitative estimate of drug-likeness (QED) is 0.746. The summed E-state index contributed by atoms with van der Waals surface area (Å²) >= 11 is 0. The van der Waals surface area contributed by atoms with Crippen molar-refractivity contribution in [2.75, 3.05) is 12.9 Å². The summed E-state index contributed by atoms with van der Waals surface area (Å²) in [6.07, 6.45) is 0.875. The molecule has 0 N–H and O–H groups in total. The van der Waals surface area contributed by atoms with Crippen LogP contribution in [0.4, 0.5) is 8.78 Å². The number of fused-ring (bicyclic) bond motifs is 1. The molecule has 9 heteroatoms. The number of benzene rings is 1. The fourth-order valence-corrected chi connectivity index (χ4v) is 3.48. The predicted molar refractivity (Wildman–Crippen MR) is 77.1 cm³/mol. The molecule has 0 aliphatic heterocycles. The number of methoxy groups -OCH3 is 1. The number of alkyl halides is 2. The smallest absolute Gasteiger partial charge is 0.388 e. The second-order valence-corrected chi connectivity index (χ2v) is 6.57. The Morgan fingerprint density at radius 1 is 1.26 bits per heavy atom. The van der Waals surface area contributed by atoms with Gasteiger partial charge in [0.15, 0.2) is 9.84 Å². The molecule has 0 aliphatic rings. The van der Waals surface area contributed by atoms with Crippen LogP contribution in [0, 0.1) is 0 Å². The van der Waals surface area contributed by atoms with E-state index in [1.54, 1.807) is 0 Å². The van der Waals surface area contributed by atoms with Gasteiger partial charge in [-0.3, -0.25) is 4.79 Å². The molecule has 0 spiro atoms. The Kier molecular flexibility index (Phi) is 5.09. The maximum atomic E-state index is 12.4. The summed E-state index contributed by atoms with van der Waals surface area (Å²) < 4.78 is 58.3. The number of esters is 1. The number of carbonyl (C=O) groups is 1. The van der Waals surface area contributed by atoms with Gasteiger partial charge in [0.1, 0.15) is 0 Å². The maximum Gasteiger partial charge on any atom is 0.388 e. The van der Waals surface area contributed by atoms with Crippen LogP contribution >= 0.6 is 0 Å². The van der Waals surface area contributed by atoms with Gasteiger partial charge >= 0.3 is 12.6 Å². The summed E-state index contributed by atoms with van der Waals surface area (Å²) in [4.78, 5) is 14.7. The van der Waals surface area contributed by atoms with Gasteiger partial charge in [-0.2, -0.15) is 8.78 Å². The monoisotopic (exact) mass is 345 g/mol. The Bertz CT molecular complexity index is 823. The lowest BCUT2D eigenvalue weighted by atomic mass is 10.2. The molecule has 2 aromatic rings. The van der Waals surface area contributed by atoms with Crippen LogP contribution in [0.3, 0.4) is 0 Å². The summed E-state index contributed by atoms with van der Waals surface area (Å²) in [6, 6.07) is 5.55. The maximum absolute atomic E-state index is 12.4. The Labute approximate surface area is 131 Å². The normalized spacial score (nSPS) is 11.7. The molecule has 23 heavy (non-hydrogen) atoms. The standard InChI is InChI=1S/C14H13F2NO5S/c1-21-12(18)6-8-23(19,20)11-4-2-3-10-9(11)5-7-17-13(10)22-14(15)16/h2-5,7,14H,6,8H2,1H3. The van der Waals surface area contributed by atoms with E-state index in [2.05, 4.69) is 14.5 Å². The second kappa shape index (κ2) is 6.86. The number of pyridine rings is 1. The van der Waals surface area contributed by atoms with Gasteiger partial charge in [0.05, 0.1) is 24.2 Å². The van der Waals surface area contributed by atoms with Gasteiger partial charge in [0.2, 0.25) is 5.88 Å². The molecule has 0 amide bonds. The van der Waals surface area contributed by atoms with Crippen molar-refractivity contribution in [2.24, 2.45) is 0 Å². The van der Waals surface area contributed by atoms with Crippen LogP contribution < -0.4 is 4.74 Å². The average Bonchev–Trinajstić information content (AvgIpc) is 2.52. The third kappa shape index (κ3) is 3.92. The number of hydrogen-bond acceptors (Lipinski definition) is 6. The Morgan fingerprint density at radius 2 is 2.00 bits per heavy atom. The molecule has 0 saturated carbocycles. The van der Waals surface area contributed by atoms with Crippen LogP contribution in [0.25, 0.3) is 10.8 Å². The van der Waals surface area contributed by atoms with Crippen LogP contribution in [-0.2, 0) is 19.4 Å². The van der Waals surface area contributed by atoms with Crippen molar-refractivity contribution >= 4 is 26.6 Å². The van der Waals surface area contributed by atoms with Crippen molar-refractivity contribution in [1.29, 1.82) is 0 Å². The van der Waals surface area contributed by atoms with E-state index in [-0.39, 0.29) is 28.0 Å². The summed E-state index contributed by atoms with van der Waals surface area (Å²) in [5.41, 5.74) is 0. The number of aromatic nitrogens is 1. The lowest BCUT2D eigenvalue weighted by Gasteiger charge is -2.10. The number of nitrogens with zero attached hydrogens (tertiary/aromatic N) is 1. The van der Waals surface area contributed by atoms with Crippen molar-refractivity contribution in [3.8, 4) is 5.88 Å². The minimum absolute atomic E-state index is 0.0829. The number of hydrogen-bond donors (Lipinski definition) is 0. The molecule has 1 aromatic carbocycles. The van der Waals surface area contributed by atoms with Crippen molar-refractivity contribution in [2.45, 2.75) is 17.9 Å². The minimum atomic E-state index is -3.81. The number of halogens is 2. The second-order valence-electron chi connectivity index (χ2n) is 4.49. The third-order valence-electron chi connectivity index (χ3n) is 3.07. The van der Waals surface area contributed by atoms with Crippen molar-refractivity contribution in [1.82, 2.24) is 4.98 Å². The Hall–Kier alpha value is -2.29. The largest absolute Gasteiger partial charge is 0.469 e. The SMILES string of the molecule is COC(=O)CCS(=O)(=O)c1cccc2c(OC(F)F)nccc12. The average molecular weight is 345 g/mol. The minimum Gasteiger partial charge on any atom is -0.469 e. The summed E-state index contributed by atoms with van der Waals surface area (Å²) in [5.74, 6) is -1.47. The van der Waals surface area contributed by atoms with Gasteiger partial charge in [-0.15, -0.1) is 0 Å². The molecule has 1 heterocycles. The molecule has 0 bridgehead atoms. The molecule has 6 nitrogen and oxygen atoms in total. The number of sulfone groups is 1. The summed E-state index contributed by atoms with van der Waals surface area (Å²) in [6.45, 7) is -3.08. The number of carbonyl (C=O) groups excluding carboxylic acids is 1. The van der Waals surface area contributed by atoms with E-state index in [0.717, 1.165) is 7.11 Å². The van der Waals surface area contributed by atoms with Crippen LogP contribution in [0.5, 0.6) is 5.88 Å². The van der Waals surface area contributed by atoms with Crippen molar-refractivity contribution in [3.05, 3.63) is 30.5 Å². The lowest BCUT2D eigenvalue weighted by Crippen LogP contribution is -2.13.